The highest BCUT2D eigenvalue weighted by molar-refractivity contribution is 6.04. The van der Waals surface area contributed by atoms with Crippen molar-refractivity contribution >= 4 is 5.78 Å². The van der Waals surface area contributed by atoms with E-state index in [1.807, 2.05) is 19.9 Å². The molecule has 0 saturated carbocycles. The van der Waals surface area contributed by atoms with Crippen LogP contribution < -0.4 is 4.74 Å². The Morgan fingerprint density at radius 2 is 1.77 bits per heavy atom. The molecule has 0 aromatic heterocycles. The summed E-state index contributed by atoms with van der Waals surface area (Å²) in [7, 11) is 0. The van der Waals surface area contributed by atoms with Crippen LogP contribution in [-0.2, 0) is 12.8 Å². The summed E-state index contributed by atoms with van der Waals surface area (Å²) in [5, 5.41) is 41.6. The van der Waals surface area contributed by atoms with Crippen LogP contribution in [0.1, 0.15) is 60.3 Å². The maximum atomic E-state index is 13.1. The number of Topliss-reactive ketones (excluding diaryl/α,β-unsaturated/α-hetero) is 1. The molecule has 6 nitrogen and oxygen atoms in total. The third-order valence-corrected chi connectivity index (χ3v) is 5.45. The number of phenolic OH excluding ortho intramolecular Hbond substituents is 3. The number of ether oxygens (including phenoxy) is 1. The first-order chi connectivity index (χ1) is 14.6. The highest BCUT2D eigenvalue weighted by atomic mass is 16.5. The van der Waals surface area contributed by atoms with Crippen LogP contribution in [0.4, 0.5) is 0 Å². The minimum Gasteiger partial charge on any atom is -0.508 e. The Morgan fingerprint density at radius 3 is 2.35 bits per heavy atom. The van der Waals surface area contributed by atoms with Crippen LogP contribution in [0, 0.1) is 0 Å². The first-order valence-corrected chi connectivity index (χ1v) is 10.1. The van der Waals surface area contributed by atoms with Gasteiger partial charge in [-0.2, -0.15) is 0 Å². The number of aromatic hydroxyl groups is 3. The van der Waals surface area contributed by atoms with Crippen molar-refractivity contribution in [1.82, 2.24) is 0 Å². The van der Waals surface area contributed by atoms with E-state index in [-0.39, 0.29) is 52.7 Å². The molecule has 4 N–H and O–H groups in total. The third kappa shape index (κ3) is 4.59. The minimum absolute atomic E-state index is 0.000670. The lowest BCUT2D eigenvalue weighted by molar-refractivity contribution is 0.0841. The van der Waals surface area contributed by atoms with Gasteiger partial charge in [0.05, 0.1) is 12.5 Å². The van der Waals surface area contributed by atoms with Crippen LogP contribution in [0.15, 0.2) is 48.1 Å². The van der Waals surface area contributed by atoms with Crippen LogP contribution in [0.3, 0.4) is 0 Å². The summed E-state index contributed by atoms with van der Waals surface area (Å²) < 4.78 is 6.13. The zero-order chi connectivity index (χ0) is 22.9. The molecular formula is C25H28O6. The molecule has 0 saturated heterocycles. The molecule has 2 unspecified atom stereocenters. The van der Waals surface area contributed by atoms with E-state index in [1.54, 1.807) is 19.1 Å². The van der Waals surface area contributed by atoms with Gasteiger partial charge in [-0.05, 0) is 44.9 Å². The largest absolute Gasteiger partial charge is 0.508 e. The molecule has 1 aliphatic heterocycles. The molecule has 0 spiro atoms. The Labute approximate surface area is 181 Å². The number of benzene rings is 2. The van der Waals surface area contributed by atoms with Crippen molar-refractivity contribution in [3.05, 3.63) is 70.3 Å². The molecule has 3 rings (SSSR count). The zero-order valence-electron chi connectivity index (χ0n) is 18.0. The van der Waals surface area contributed by atoms with Crippen LogP contribution in [0.5, 0.6) is 23.0 Å². The van der Waals surface area contributed by atoms with Gasteiger partial charge in [0.25, 0.3) is 0 Å². The maximum Gasteiger partial charge on any atom is 0.174 e. The van der Waals surface area contributed by atoms with Gasteiger partial charge in [0.15, 0.2) is 5.78 Å². The number of allylic oxidation sites excluding steroid dienone is 2. The Morgan fingerprint density at radius 1 is 1.13 bits per heavy atom. The average Bonchev–Trinajstić information content (AvgIpc) is 2.70. The highest BCUT2D eigenvalue weighted by Gasteiger charge is 2.36. The highest BCUT2D eigenvalue weighted by Crippen LogP contribution is 2.48. The van der Waals surface area contributed by atoms with Crippen LogP contribution in [-0.4, -0.2) is 32.3 Å². The SMILES string of the molecule is C=C(C)C(O)Cc1c(O)c(CC=C(C)C)c2c(c1O)C(=O)CC(c1ccc(O)cc1)O2. The molecular weight excluding hydrogens is 396 g/mol. The van der Waals surface area contributed by atoms with Gasteiger partial charge in [-0.3, -0.25) is 4.79 Å². The molecule has 2 aromatic carbocycles. The minimum atomic E-state index is -0.976. The Balaban J connectivity index is 2.15. The van der Waals surface area contributed by atoms with E-state index in [2.05, 4.69) is 6.58 Å². The number of phenols is 3. The number of fused-ring (bicyclic) bond motifs is 1. The molecule has 0 radical (unpaired) electrons. The smallest absolute Gasteiger partial charge is 0.174 e. The molecule has 0 amide bonds. The number of carbonyl (C=O) groups excluding carboxylic acids is 1. The first kappa shape index (κ1) is 22.4. The number of carbonyl (C=O) groups is 1. The normalized spacial score (nSPS) is 16.3. The number of aliphatic hydroxyl groups is 1. The summed E-state index contributed by atoms with van der Waals surface area (Å²) in [5.74, 6) is -0.639. The van der Waals surface area contributed by atoms with E-state index in [0.717, 1.165) is 5.57 Å². The first-order valence-electron chi connectivity index (χ1n) is 10.1. The Kier molecular flexibility index (Phi) is 6.41. The number of ketones is 1. The maximum absolute atomic E-state index is 13.1. The third-order valence-electron chi connectivity index (χ3n) is 5.45. The molecule has 2 atom stereocenters. The zero-order valence-corrected chi connectivity index (χ0v) is 18.0. The second-order valence-electron chi connectivity index (χ2n) is 8.24. The van der Waals surface area contributed by atoms with Crippen molar-refractivity contribution in [2.24, 2.45) is 0 Å². The lowest BCUT2D eigenvalue weighted by Crippen LogP contribution is -2.23. The van der Waals surface area contributed by atoms with Crippen molar-refractivity contribution < 1.29 is 30.0 Å². The molecule has 0 bridgehead atoms. The predicted molar refractivity (Wildman–Crippen MR) is 118 cm³/mol. The van der Waals surface area contributed by atoms with Gasteiger partial charge < -0.3 is 25.2 Å². The number of rotatable bonds is 6. The van der Waals surface area contributed by atoms with Gasteiger partial charge in [-0.25, -0.2) is 0 Å². The fourth-order valence-electron chi connectivity index (χ4n) is 3.59. The van der Waals surface area contributed by atoms with Gasteiger partial charge in [0.2, 0.25) is 0 Å². The van der Waals surface area contributed by atoms with Crippen LogP contribution in [0.2, 0.25) is 0 Å². The van der Waals surface area contributed by atoms with Crippen LogP contribution >= 0.6 is 0 Å². The fraction of sp³-hybridized carbons (Fsp3) is 0.320. The molecule has 6 heteroatoms. The van der Waals surface area contributed by atoms with Gasteiger partial charge in [-0.1, -0.05) is 35.9 Å². The standard InChI is InChI=1S/C25H28O6/c1-13(2)5-10-17-23(29)18(11-19(27)14(3)4)24(30)22-20(28)12-21(31-25(17)22)15-6-8-16(26)9-7-15/h5-9,19,21,26-27,29-30H,3,10-12H2,1-2,4H3. The predicted octanol–water partition coefficient (Wildman–Crippen LogP) is 4.50. The quantitative estimate of drug-likeness (QED) is 0.509. The van der Waals surface area contributed by atoms with E-state index in [4.69, 9.17) is 4.74 Å². The van der Waals surface area contributed by atoms with Gasteiger partial charge in [-0.15, -0.1) is 0 Å². The molecule has 0 aliphatic carbocycles. The lowest BCUT2D eigenvalue weighted by Gasteiger charge is -2.30. The van der Waals surface area contributed by atoms with E-state index in [9.17, 15) is 25.2 Å². The summed E-state index contributed by atoms with van der Waals surface area (Å²) in [6, 6.07) is 6.37. The molecule has 1 aliphatic rings. The van der Waals surface area contributed by atoms with Crippen LogP contribution in [0.25, 0.3) is 0 Å². The van der Waals surface area contributed by atoms with E-state index in [1.165, 1.54) is 12.1 Å². The van der Waals surface area contributed by atoms with Crippen molar-refractivity contribution in [3.63, 3.8) is 0 Å². The second kappa shape index (κ2) is 8.86. The summed E-state index contributed by atoms with van der Waals surface area (Å²) in [6.45, 7) is 9.20. The average molecular weight is 424 g/mol. The molecule has 164 valence electrons. The summed E-state index contributed by atoms with van der Waals surface area (Å²) in [6.07, 6.45) is 0.524. The molecule has 1 heterocycles. The molecule has 0 fully saturated rings. The van der Waals surface area contributed by atoms with Gasteiger partial charge >= 0.3 is 0 Å². The van der Waals surface area contributed by atoms with Gasteiger partial charge in [0, 0.05) is 17.5 Å². The van der Waals surface area contributed by atoms with Crippen molar-refractivity contribution in [2.45, 2.75) is 52.2 Å². The van der Waals surface area contributed by atoms with Crippen molar-refractivity contribution in [3.8, 4) is 23.0 Å². The van der Waals surface area contributed by atoms with E-state index < -0.39 is 12.2 Å². The number of aliphatic hydroxyl groups excluding tert-OH is 1. The summed E-state index contributed by atoms with van der Waals surface area (Å²) in [5.41, 5.74) is 2.71. The van der Waals surface area contributed by atoms with E-state index in [0.29, 0.717) is 23.1 Å². The monoisotopic (exact) mass is 424 g/mol. The Bertz CT molecular complexity index is 1040. The van der Waals surface area contributed by atoms with E-state index >= 15 is 0 Å². The molecule has 31 heavy (non-hydrogen) atoms. The topological polar surface area (TPSA) is 107 Å². The number of hydrogen-bond acceptors (Lipinski definition) is 6. The lowest BCUT2D eigenvalue weighted by atomic mass is 9.88. The van der Waals surface area contributed by atoms with Crippen molar-refractivity contribution in [1.29, 1.82) is 0 Å². The number of hydrogen-bond donors (Lipinski definition) is 4. The second-order valence-corrected chi connectivity index (χ2v) is 8.24. The summed E-state index contributed by atoms with van der Waals surface area (Å²) in [4.78, 5) is 13.1. The molecule has 2 aromatic rings. The Hall–Kier alpha value is -3.25. The van der Waals surface area contributed by atoms with Gasteiger partial charge in [0.1, 0.15) is 34.7 Å². The van der Waals surface area contributed by atoms with Crippen molar-refractivity contribution in [2.75, 3.05) is 0 Å². The summed E-state index contributed by atoms with van der Waals surface area (Å²) >= 11 is 0. The fourth-order valence-corrected chi connectivity index (χ4v) is 3.59.